The van der Waals surface area contributed by atoms with Crippen molar-refractivity contribution in [2.24, 2.45) is 0 Å². The Kier molecular flexibility index (Phi) is 5.40. The molecule has 5 nitrogen and oxygen atoms in total. The molecule has 5 heteroatoms. The first-order chi connectivity index (χ1) is 12.8. The number of hydrogen-bond acceptors (Lipinski definition) is 4. The maximum absolute atomic E-state index is 12.7. The molecule has 0 aliphatic heterocycles. The van der Waals surface area contributed by atoms with Gasteiger partial charge in [-0.1, -0.05) is 12.1 Å². The summed E-state index contributed by atoms with van der Waals surface area (Å²) in [5, 5.41) is 3.04. The third-order valence-corrected chi connectivity index (χ3v) is 4.42. The van der Waals surface area contributed by atoms with Gasteiger partial charge < -0.3 is 10.1 Å². The van der Waals surface area contributed by atoms with Gasteiger partial charge >= 0.3 is 0 Å². The lowest BCUT2D eigenvalue weighted by atomic mass is 10.1. The molecule has 0 radical (unpaired) electrons. The van der Waals surface area contributed by atoms with Gasteiger partial charge in [-0.15, -0.1) is 0 Å². The van der Waals surface area contributed by atoms with Crippen LogP contribution in [0, 0.1) is 13.8 Å². The SMILES string of the molecule is Cc1nc2ccc(C(=O)NC(C)c3cccc(OC(C)C)c3)cc2nc1C. The molecule has 1 amide bonds. The highest BCUT2D eigenvalue weighted by atomic mass is 16.5. The van der Waals surface area contributed by atoms with Gasteiger partial charge in [-0.3, -0.25) is 4.79 Å². The Bertz CT molecular complexity index is 982. The first-order valence-corrected chi connectivity index (χ1v) is 9.16. The zero-order valence-electron chi connectivity index (χ0n) is 16.4. The third-order valence-electron chi connectivity index (χ3n) is 4.42. The largest absolute Gasteiger partial charge is 0.491 e. The maximum Gasteiger partial charge on any atom is 0.251 e. The lowest BCUT2D eigenvalue weighted by Crippen LogP contribution is -2.26. The molecule has 1 aromatic heterocycles. The zero-order valence-corrected chi connectivity index (χ0v) is 16.4. The van der Waals surface area contributed by atoms with Crippen molar-refractivity contribution in [2.75, 3.05) is 0 Å². The fraction of sp³-hybridized carbons (Fsp3) is 0.318. The standard InChI is InChI=1S/C22H25N3O2/c1-13(2)27-19-8-6-7-17(11-19)16(5)25-22(26)18-9-10-20-21(12-18)24-15(4)14(3)23-20/h6-13,16H,1-5H3,(H,25,26). The minimum absolute atomic E-state index is 0.107. The van der Waals surface area contributed by atoms with Crippen molar-refractivity contribution in [2.45, 2.75) is 46.8 Å². The van der Waals surface area contributed by atoms with Crippen LogP contribution in [0.5, 0.6) is 5.75 Å². The summed E-state index contributed by atoms with van der Waals surface area (Å²) < 4.78 is 5.74. The first kappa shape index (κ1) is 18.8. The topological polar surface area (TPSA) is 64.1 Å². The minimum Gasteiger partial charge on any atom is -0.491 e. The number of nitrogens with one attached hydrogen (secondary N) is 1. The molecule has 3 rings (SSSR count). The number of ether oxygens (including phenoxy) is 1. The van der Waals surface area contributed by atoms with Gasteiger partial charge in [-0.2, -0.15) is 0 Å². The summed E-state index contributed by atoms with van der Waals surface area (Å²) in [5.41, 5.74) is 4.86. The van der Waals surface area contributed by atoms with Gasteiger partial charge in [0.1, 0.15) is 5.75 Å². The smallest absolute Gasteiger partial charge is 0.251 e. The van der Waals surface area contributed by atoms with E-state index in [0.717, 1.165) is 33.7 Å². The number of benzene rings is 2. The zero-order chi connectivity index (χ0) is 19.6. The van der Waals surface area contributed by atoms with Crippen LogP contribution >= 0.6 is 0 Å². The van der Waals surface area contributed by atoms with E-state index in [1.807, 2.05) is 65.0 Å². The van der Waals surface area contributed by atoms with Crippen LogP contribution in [0.3, 0.4) is 0 Å². The molecule has 0 aliphatic carbocycles. The quantitative estimate of drug-likeness (QED) is 0.724. The van der Waals surface area contributed by atoms with E-state index in [0.29, 0.717) is 5.56 Å². The van der Waals surface area contributed by atoms with Crippen molar-refractivity contribution in [1.82, 2.24) is 15.3 Å². The molecule has 2 aromatic carbocycles. The Morgan fingerprint density at radius 3 is 2.37 bits per heavy atom. The second kappa shape index (κ2) is 7.74. The molecule has 1 atom stereocenters. The summed E-state index contributed by atoms with van der Waals surface area (Å²) in [4.78, 5) is 21.7. The molecular formula is C22H25N3O2. The molecule has 0 spiro atoms. The fourth-order valence-corrected chi connectivity index (χ4v) is 2.86. The average molecular weight is 363 g/mol. The molecule has 0 saturated heterocycles. The van der Waals surface area contributed by atoms with Crippen LogP contribution in [-0.4, -0.2) is 22.0 Å². The second-order valence-electron chi connectivity index (χ2n) is 7.03. The van der Waals surface area contributed by atoms with E-state index < -0.39 is 0 Å². The minimum atomic E-state index is -0.144. The molecular weight excluding hydrogens is 338 g/mol. The lowest BCUT2D eigenvalue weighted by molar-refractivity contribution is 0.0940. The van der Waals surface area contributed by atoms with Crippen molar-refractivity contribution in [3.63, 3.8) is 0 Å². The van der Waals surface area contributed by atoms with Gasteiger partial charge in [-0.25, -0.2) is 9.97 Å². The van der Waals surface area contributed by atoms with Crippen molar-refractivity contribution in [3.8, 4) is 5.75 Å². The monoisotopic (exact) mass is 363 g/mol. The summed E-state index contributed by atoms with van der Waals surface area (Å²) in [7, 11) is 0. The first-order valence-electron chi connectivity index (χ1n) is 9.16. The summed E-state index contributed by atoms with van der Waals surface area (Å²) >= 11 is 0. The predicted molar refractivity (Wildman–Crippen MR) is 107 cm³/mol. The summed E-state index contributed by atoms with van der Waals surface area (Å²) in [6.07, 6.45) is 0.107. The van der Waals surface area contributed by atoms with E-state index in [-0.39, 0.29) is 18.1 Å². The molecule has 27 heavy (non-hydrogen) atoms. The number of fused-ring (bicyclic) bond motifs is 1. The third kappa shape index (κ3) is 4.42. The van der Waals surface area contributed by atoms with E-state index >= 15 is 0 Å². The number of rotatable bonds is 5. The molecule has 1 unspecified atom stereocenters. The van der Waals surface area contributed by atoms with Gasteiger partial charge in [-0.05, 0) is 70.5 Å². The molecule has 0 saturated carbocycles. The van der Waals surface area contributed by atoms with Gasteiger partial charge in [0, 0.05) is 5.56 Å². The molecule has 0 fully saturated rings. The number of hydrogen-bond donors (Lipinski definition) is 1. The highest BCUT2D eigenvalue weighted by Gasteiger charge is 2.14. The Labute approximate surface area is 159 Å². The van der Waals surface area contributed by atoms with Crippen LogP contribution in [0.2, 0.25) is 0 Å². The van der Waals surface area contributed by atoms with Crippen LogP contribution in [0.4, 0.5) is 0 Å². The van der Waals surface area contributed by atoms with Crippen LogP contribution in [0.15, 0.2) is 42.5 Å². The highest BCUT2D eigenvalue weighted by Crippen LogP contribution is 2.21. The Morgan fingerprint density at radius 1 is 0.963 bits per heavy atom. The normalized spacial score (nSPS) is 12.2. The molecule has 140 valence electrons. The molecule has 0 aliphatic rings. The number of nitrogens with zero attached hydrogens (tertiary/aromatic N) is 2. The second-order valence-corrected chi connectivity index (χ2v) is 7.03. The van der Waals surface area contributed by atoms with Crippen molar-refractivity contribution < 1.29 is 9.53 Å². The Morgan fingerprint density at radius 2 is 1.67 bits per heavy atom. The summed E-state index contributed by atoms with van der Waals surface area (Å²) in [5.74, 6) is 0.662. The summed E-state index contributed by atoms with van der Waals surface area (Å²) in [6.45, 7) is 9.79. The van der Waals surface area contributed by atoms with Crippen LogP contribution in [-0.2, 0) is 0 Å². The van der Waals surface area contributed by atoms with E-state index in [4.69, 9.17) is 4.74 Å². The highest BCUT2D eigenvalue weighted by molar-refractivity contribution is 5.97. The van der Waals surface area contributed by atoms with Crippen molar-refractivity contribution in [3.05, 3.63) is 65.0 Å². The van der Waals surface area contributed by atoms with Gasteiger partial charge in [0.05, 0.1) is 34.6 Å². The number of carbonyl (C=O) groups is 1. The Balaban J connectivity index is 1.78. The van der Waals surface area contributed by atoms with Crippen LogP contribution < -0.4 is 10.1 Å². The van der Waals surface area contributed by atoms with Gasteiger partial charge in [0.25, 0.3) is 5.91 Å². The molecule has 0 bridgehead atoms. The van der Waals surface area contributed by atoms with Gasteiger partial charge in [0.2, 0.25) is 0 Å². The fourth-order valence-electron chi connectivity index (χ4n) is 2.86. The number of carbonyl (C=O) groups excluding carboxylic acids is 1. The lowest BCUT2D eigenvalue weighted by Gasteiger charge is -2.17. The summed E-state index contributed by atoms with van der Waals surface area (Å²) in [6, 6.07) is 13.1. The number of aromatic nitrogens is 2. The Hall–Kier alpha value is -2.95. The average Bonchev–Trinajstić information content (AvgIpc) is 2.62. The van der Waals surface area contributed by atoms with Crippen molar-refractivity contribution >= 4 is 16.9 Å². The molecule has 1 heterocycles. The van der Waals surface area contributed by atoms with Crippen molar-refractivity contribution in [1.29, 1.82) is 0 Å². The molecule has 1 N–H and O–H groups in total. The van der Waals surface area contributed by atoms with Crippen LogP contribution in [0.1, 0.15) is 54.1 Å². The van der Waals surface area contributed by atoms with Crippen LogP contribution in [0.25, 0.3) is 11.0 Å². The van der Waals surface area contributed by atoms with E-state index in [1.165, 1.54) is 0 Å². The molecule has 3 aromatic rings. The van der Waals surface area contributed by atoms with E-state index in [2.05, 4.69) is 15.3 Å². The number of aryl methyl sites for hydroxylation is 2. The van der Waals surface area contributed by atoms with E-state index in [1.54, 1.807) is 12.1 Å². The number of amides is 1. The predicted octanol–water partition coefficient (Wildman–Crippen LogP) is 4.52. The van der Waals surface area contributed by atoms with Gasteiger partial charge in [0.15, 0.2) is 0 Å². The maximum atomic E-state index is 12.7. The van der Waals surface area contributed by atoms with E-state index in [9.17, 15) is 4.79 Å².